The van der Waals surface area contributed by atoms with E-state index in [-0.39, 0.29) is 30.4 Å². The van der Waals surface area contributed by atoms with Crippen LogP contribution in [-0.2, 0) is 14.3 Å². The largest absolute Gasteiger partial charge is 0.455 e. The van der Waals surface area contributed by atoms with Crippen LogP contribution in [0.4, 0.5) is 5.69 Å². The van der Waals surface area contributed by atoms with E-state index in [2.05, 4.69) is 10.6 Å². The van der Waals surface area contributed by atoms with Crippen LogP contribution in [0.15, 0.2) is 24.3 Å². The second-order valence-electron chi connectivity index (χ2n) is 6.43. The fraction of sp³-hybridized carbons (Fsp3) is 0.500. The summed E-state index contributed by atoms with van der Waals surface area (Å²) in [5, 5.41) is 5.66. The summed E-state index contributed by atoms with van der Waals surface area (Å²) in [4.78, 5) is 35.8. The van der Waals surface area contributed by atoms with Gasteiger partial charge in [0.1, 0.15) is 0 Å². The summed E-state index contributed by atoms with van der Waals surface area (Å²) in [6.07, 6.45) is 5.94. The second-order valence-corrected chi connectivity index (χ2v) is 6.43. The van der Waals surface area contributed by atoms with E-state index in [1.807, 2.05) is 0 Å². The van der Waals surface area contributed by atoms with Crippen LogP contribution in [0.3, 0.4) is 0 Å². The Morgan fingerprint density at radius 1 is 1.04 bits per heavy atom. The summed E-state index contributed by atoms with van der Waals surface area (Å²) < 4.78 is 4.96. The predicted octanol–water partition coefficient (Wildman–Crippen LogP) is 2.25. The number of anilines is 1. The van der Waals surface area contributed by atoms with E-state index in [4.69, 9.17) is 4.74 Å². The minimum absolute atomic E-state index is 0.0396. The number of para-hydroxylation sites is 1. The average Bonchev–Trinajstić information content (AvgIpc) is 3.31. The molecule has 2 amide bonds. The highest BCUT2D eigenvalue weighted by Crippen LogP contribution is 2.30. The number of benzene rings is 1. The van der Waals surface area contributed by atoms with E-state index in [9.17, 15) is 14.4 Å². The molecule has 0 unspecified atom stereocenters. The number of amides is 2. The van der Waals surface area contributed by atoms with Gasteiger partial charge in [-0.2, -0.15) is 0 Å². The van der Waals surface area contributed by atoms with Gasteiger partial charge >= 0.3 is 5.97 Å². The Hall–Kier alpha value is -2.37. The van der Waals surface area contributed by atoms with Gasteiger partial charge in [-0.1, -0.05) is 25.0 Å². The van der Waals surface area contributed by atoms with Gasteiger partial charge in [0.05, 0.1) is 17.2 Å². The highest BCUT2D eigenvalue weighted by molar-refractivity contribution is 6.04. The Balaban J connectivity index is 1.57. The zero-order chi connectivity index (χ0) is 16.9. The lowest BCUT2D eigenvalue weighted by Gasteiger charge is -2.15. The van der Waals surface area contributed by atoms with Crippen LogP contribution in [0, 0.1) is 5.92 Å². The van der Waals surface area contributed by atoms with Crippen LogP contribution < -0.4 is 10.6 Å². The molecule has 2 fully saturated rings. The Morgan fingerprint density at radius 3 is 2.46 bits per heavy atom. The molecule has 0 bridgehead atoms. The molecule has 1 aromatic rings. The van der Waals surface area contributed by atoms with Crippen molar-refractivity contribution in [3.05, 3.63) is 29.8 Å². The molecule has 128 valence electrons. The van der Waals surface area contributed by atoms with Crippen molar-refractivity contribution >= 4 is 23.5 Å². The molecule has 0 heterocycles. The molecule has 3 rings (SSSR count). The van der Waals surface area contributed by atoms with Crippen molar-refractivity contribution < 1.29 is 19.1 Å². The molecule has 24 heavy (non-hydrogen) atoms. The number of nitrogens with one attached hydrogen (secondary N) is 2. The lowest BCUT2D eigenvalue weighted by Crippen LogP contribution is -2.33. The topological polar surface area (TPSA) is 84.5 Å². The van der Waals surface area contributed by atoms with E-state index in [0.29, 0.717) is 11.3 Å². The Bertz CT molecular complexity index is 634. The fourth-order valence-electron chi connectivity index (χ4n) is 2.88. The molecule has 6 nitrogen and oxygen atoms in total. The maximum absolute atomic E-state index is 12.4. The maximum Gasteiger partial charge on any atom is 0.309 e. The highest BCUT2D eigenvalue weighted by atomic mass is 16.5. The molecule has 2 aliphatic carbocycles. The molecule has 0 aliphatic heterocycles. The monoisotopic (exact) mass is 330 g/mol. The molecule has 0 aromatic heterocycles. The van der Waals surface area contributed by atoms with E-state index >= 15 is 0 Å². The summed E-state index contributed by atoms with van der Waals surface area (Å²) in [5.41, 5.74) is 0.853. The van der Waals surface area contributed by atoms with Crippen LogP contribution in [0.5, 0.6) is 0 Å². The van der Waals surface area contributed by atoms with Gasteiger partial charge in [-0.3, -0.25) is 14.4 Å². The molecule has 2 aliphatic rings. The quantitative estimate of drug-likeness (QED) is 0.784. The molecule has 2 N–H and O–H groups in total. The molecule has 0 radical (unpaired) electrons. The smallest absolute Gasteiger partial charge is 0.309 e. The van der Waals surface area contributed by atoms with Gasteiger partial charge in [-0.05, 0) is 37.8 Å². The van der Waals surface area contributed by atoms with E-state index < -0.39 is 5.91 Å². The van der Waals surface area contributed by atoms with Gasteiger partial charge < -0.3 is 15.4 Å². The average molecular weight is 330 g/mol. The van der Waals surface area contributed by atoms with Gasteiger partial charge in [0.15, 0.2) is 6.61 Å². The van der Waals surface area contributed by atoms with Crippen LogP contribution in [0.1, 0.15) is 48.9 Å². The van der Waals surface area contributed by atoms with E-state index in [0.717, 1.165) is 38.5 Å². The number of carbonyl (C=O) groups is 3. The van der Waals surface area contributed by atoms with Crippen LogP contribution in [-0.4, -0.2) is 30.4 Å². The Labute approximate surface area is 140 Å². The number of hydrogen-bond donors (Lipinski definition) is 2. The first kappa shape index (κ1) is 16.5. The van der Waals surface area contributed by atoms with Crippen LogP contribution in [0.2, 0.25) is 0 Å². The summed E-state index contributed by atoms with van der Waals surface area (Å²) in [6, 6.07) is 7.06. The molecule has 0 spiro atoms. The lowest BCUT2D eigenvalue weighted by molar-refractivity contribution is -0.148. The van der Waals surface area contributed by atoms with Crippen LogP contribution >= 0.6 is 0 Å². The Kier molecular flexibility index (Phi) is 5.13. The molecule has 6 heteroatoms. The molecule has 2 saturated carbocycles. The van der Waals surface area contributed by atoms with Gasteiger partial charge in [-0.25, -0.2) is 0 Å². The SMILES string of the molecule is O=C(COC(=O)C1CC1)Nc1ccccc1C(=O)NC1CCCC1. The van der Waals surface area contributed by atoms with Crippen molar-refractivity contribution in [2.45, 2.75) is 44.6 Å². The molecular formula is C18H22N2O4. The molecule has 0 atom stereocenters. The third-order valence-corrected chi connectivity index (χ3v) is 4.39. The van der Waals surface area contributed by atoms with Gasteiger partial charge in [0, 0.05) is 6.04 Å². The minimum Gasteiger partial charge on any atom is -0.455 e. The van der Waals surface area contributed by atoms with Crippen LogP contribution in [0.25, 0.3) is 0 Å². The van der Waals surface area contributed by atoms with Gasteiger partial charge in [-0.15, -0.1) is 0 Å². The highest BCUT2D eigenvalue weighted by Gasteiger charge is 2.31. The van der Waals surface area contributed by atoms with Gasteiger partial charge in [0.25, 0.3) is 11.8 Å². The molecular weight excluding hydrogens is 308 g/mol. The fourth-order valence-corrected chi connectivity index (χ4v) is 2.88. The zero-order valence-electron chi connectivity index (χ0n) is 13.5. The van der Waals surface area contributed by atoms with Crippen molar-refractivity contribution in [3.63, 3.8) is 0 Å². The van der Waals surface area contributed by atoms with E-state index in [1.54, 1.807) is 24.3 Å². The Morgan fingerprint density at radius 2 is 1.75 bits per heavy atom. The van der Waals surface area contributed by atoms with Crippen molar-refractivity contribution in [2.75, 3.05) is 11.9 Å². The minimum atomic E-state index is -0.440. The molecule has 1 aromatic carbocycles. The van der Waals surface area contributed by atoms with Crippen molar-refractivity contribution in [3.8, 4) is 0 Å². The van der Waals surface area contributed by atoms with Crippen molar-refractivity contribution in [1.29, 1.82) is 0 Å². The number of rotatable bonds is 6. The number of hydrogen-bond acceptors (Lipinski definition) is 4. The third kappa shape index (κ3) is 4.34. The maximum atomic E-state index is 12.4. The predicted molar refractivity (Wildman–Crippen MR) is 88.5 cm³/mol. The standard InChI is InChI=1S/C18H22N2O4/c21-16(11-24-18(23)12-9-10-12)20-15-8-4-3-7-14(15)17(22)19-13-5-1-2-6-13/h3-4,7-8,12-13H,1-2,5-6,9-11H2,(H,19,22)(H,20,21). The first-order chi connectivity index (χ1) is 11.6. The van der Waals surface area contributed by atoms with E-state index in [1.165, 1.54) is 0 Å². The third-order valence-electron chi connectivity index (χ3n) is 4.39. The number of esters is 1. The molecule has 0 saturated heterocycles. The first-order valence-corrected chi connectivity index (χ1v) is 8.50. The number of ether oxygens (including phenoxy) is 1. The second kappa shape index (κ2) is 7.47. The van der Waals surface area contributed by atoms with Gasteiger partial charge in [0.2, 0.25) is 0 Å². The lowest BCUT2D eigenvalue weighted by atomic mass is 10.1. The summed E-state index contributed by atoms with van der Waals surface area (Å²) >= 11 is 0. The summed E-state index contributed by atoms with van der Waals surface area (Å²) in [5.74, 6) is -0.988. The summed E-state index contributed by atoms with van der Waals surface area (Å²) in [7, 11) is 0. The van der Waals surface area contributed by atoms with Crippen molar-refractivity contribution in [1.82, 2.24) is 5.32 Å². The van der Waals surface area contributed by atoms with Crippen molar-refractivity contribution in [2.24, 2.45) is 5.92 Å². The summed E-state index contributed by atoms with van der Waals surface area (Å²) in [6.45, 7) is -0.325. The normalized spacial score (nSPS) is 17.3. The number of carbonyl (C=O) groups excluding carboxylic acids is 3. The zero-order valence-corrected chi connectivity index (χ0v) is 13.5. The first-order valence-electron chi connectivity index (χ1n) is 8.50.